The van der Waals surface area contributed by atoms with Crippen molar-refractivity contribution in [3.63, 3.8) is 0 Å². The first kappa shape index (κ1) is 23.5. The van der Waals surface area contributed by atoms with Crippen LogP contribution in [0.4, 0.5) is 0 Å². The minimum atomic E-state index is 0.262. The van der Waals surface area contributed by atoms with Crippen LogP contribution in [0.2, 0.25) is 0 Å². The molecule has 0 bridgehead atoms. The number of carbonyl (C=O) groups excluding carboxylic acids is 1. The van der Waals surface area contributed by atoms with E-state index in [9.17, 15) is 4.79 Å². The second-order valence-corrected chi connectivity index (χ2v) is 12.7. The predicted molar refractivity (Wildman–Crippen MR) is 129 cm³/mol. The molecule has 0 heterocycles. The maximum Gasteiger partial charge on any atom is 0.145 e. The van der Waals surface area contributed by atoms with Crippen LogP contribution in [0.25, 0.3) is 0 Å². The molecule has 31 heavy (non-hydrogen) atoms. The van der Waals surface area contributed by atoms with Crippen molar-refractivity contribution in [2.75, 3.05) is 6.61 Å². The first-order valence-electron chi connectivity index (χ1n) is 13.5. The zero-order valence-corrected chi connectivity index (χ0v) is 21.0. The lowest BCUT2D eigenvalue weighted by Crippen LogP contribution is -2.51. The van der Waals surface area contributed by atoms with Crippen LogP contribution in [0.3, 0.4) is 0 Å². The third kappa shape index (κ3) is 4.32. The van der Waals surface area contributed by atoms with Gasteiger partial charge >= 0.3 is 0 Å². The third-order valence-corrected chi connectivity index (χ3v) is 10.7. The summed E-state index contributed by atoms with van der Waals surface area (Å²) >= 11 is 0. The van der Waals surface area contributed by atoms with Crippen LogP contribution < -0.4 is 0 Å². The Bertz CT molecular complexity index is 666. The molecular formula is C29H48O2. The molecule has 0 saturated heterocycles. The van der Waals surface area contributed by atoms with Crippen molar-refractivity contribution in [3.05, 3.63) is 11.6 Å². The molecule has 0 N–H and O–H groups in total. The van der Waals surface area contributed by atoms with Gasteiger partial charge in [0.15, 0.2) is 0 Å². The van der Waals surface area contributed by atoms with Gasteiger partial charge in [0.05, 0.1) is 6.10 Å². The average Bonchev–Trinajstić information content (AvgIpc) is 3.09. The Hall–Kier alpha value is -0.630. The van der Waals surface area contributed by atoms with Crippen LogP contribution in [0.15, 0.2) is 11.6 Å². The van der Waals surface area contributed by atoms with Crippen molar-refractivity contribution in [1.82, 2.24) is 0 Å². The largest absolute Gasteiger partial charge is 0.370 e. The minimum Gasteiger partial charge on any atom is -0.370 e. The Morgan fingerprint density at radius 3 is 2.61 bits per heavy atom. The van der Waals surface area contributed by atoms with Crippen molar-refractivity contribution in [1.29, 1.82) is 0 Å². The summed E-state index contributed by atoms with van der Waals surface area (Å²) in [6, 6.07) is 0. The Balaban J connectivity index is 1.45. The lowest BCUT2D eigenvalue weighted by Gasteiger charge is -2.58. The van der Waals surface area contributed by atoms with E-state index in [4.69, 9.17) is 4.74 Å². The molecule has 4 rings (SSSR count). The van der Waals surface area contributed by atoms with E-state index in [0.717, 1.165) is 54.6 Å². The summed E-state index contributed by atoms with van der Waals surface area (Å²) in [5.41, 5.74) is 2.62. The maximum atomic E-state index is 10.7. The number of ether oxygens (including phenoxy) is 1. The highest BCUT2D eigenvalue weighted by Gasteiger charge is 2.59. The van der Waals surface area contributed by atoms with Gasteiger partial charge in [0.25, 0.3) is 0 Å². The van der Waals surface area contributed by atoms with E-state index in [1.807, 2.05) is 0 Å². The number of carbonyl (C=O) groups is 1. The fourth-order valence-corrected chi connectivity index (χ4v) is 8.97. The van der Waals surface area contributed by atoms with Crippen LogP contribution in [0, 0.1) is 46.3 Å². The van der Waals surface area contributed by atoms with Crippen molar-refractivity contribution in [2.45, 2.75) is 111 Å². The highest BCUT2D eigenvalue weighted by molar-refractivity contribution is 5.50. The van der Waals surface area contributed by atoms with Gasteiger partial charge in [-0.25, -0.2) is 0 Å². The van der Waals surface area contributed by atoms with Crippen molar-refractivity contribution < 1.29 is 9.53 Å². The molecule has 0 spiro atoms. The summed E-state index contributed by atoms with van der Waals surface area (Å²) in [4.78, 5) is 10.7. The zero-order valence-electron chi connectivity index (χ0n) is 21.0. The molecule has 0 aromatic rings. The molecule has 8 atom stereocenters. The van der Waals surface area contributed by atoms with E-state index in [0.29, 0.717) is 10.8 Å². The van der Waals surface area contributed by atoms with E-state index in [-0.39, 0.29) is 12.7 Å². The van der Waals surface area contributed by atoms with Crippen LogP contribution in [0.5, 0.6) is 0 Å². The molecular weight excluding hydrogens is 380 g/mol. The summed E-state index contributed by atoms with van der Waals surface area (Å²) in [5, 5.41) is 0. The number of hydrogen-bond acceptors (Lipinski definition) is 2. The standard InChI is InChI=1S/C29H48O2/c1-20(2)7-6-8-21(3)25-11-12-26-24-10-9-22-19-23(31-18-17-30)13-15-28(22,4)27(24)14-16-29(25,26)5/h9,17,20-21,23-27H,6-8,10-16,18-19H2,1-5H3/t21-,23+,24+,25-,26+,27+,28+,29-/m1/s1. The Kier molecular flexibility index (Phi) is 7.07. The van der Waals surface area contributed by atoms with Gasteiger partial charge < -0.3 is 9.53 Å². The van der Waals surface area contributed by atoms with E-state index in [1.165, 1.54) is 57.8 Å². The number of allylic oxidation sites excluding steroid dienone is 1. The summed E-state index contributed by atoms with van der Waals surface area (Å²) in [5.74, 6) is 5.37. The first-order chi connectivity index (χ1) is 14.8. The molecule has 176 valence electrons. The fraction of sp³-hybridized carbons (Fsp3) is 0.897. The average molecular weight is 429 g/mol. The monoisotopic (exact) mass is 428 g/mol. The quantitative estimate of drug-likeness (QED) is 0.294. The lowest BCUT2D eigenvalue weighted by atomic mass is 9.47. The third-order valence-electron chi connectivity index (χ3n) is 10.7. The highest BCUT2D eigenvalue weighted by Crippen LogP contribution is 2.67. The smallest absolute Gasteiger partial charge is 0.145 e. The fourth-order valence-electron chi connectivity index (χ4n) is 8.97. The molecule has 0 aromatic heterocycles. The van der Waals surface area contributed by atoms with Crippen LogP contribution in [-0.2, 0) is 9.53 Å². The van der Waals surface area contributed by atoms with Gasteiger partial charge in [0.2, 0.25) is 0 Å². The summed E-state index contributed by atoms with van der Waals surface area (Å²) < 4.78 is 5.83. The van der Waals surface area contributed by atoms with Gasteiger partial charge in [-0.05, 0) is 97.7 Å². The molecule has 0 radical (unpaired) electrons. The first-order valence-corrected chi connectivity index (χ1v) is 13.5. The number of fused-ring (bicyclic) bond motifs is 5. The Morgan fingerprint density at radius 2 is 1.87 bits per heavy atom. The molecule has 2 heteroatoms. The second kappa shape index (κ2) is 9.32. The van der Waals surface area contributed by atoms with Gasteiger partial charge in [-0.3, -0.25) is 0 Å². The molecule has 0 aromatic carbocycles. The molecule has 4 aliphatic carbocycles. The van der Waals surface area contributed by atoms with Crippen molar-refractivity contribution in [3.8, 4) is 0 Å². The topological polar surface area (TPSA) is 26.3 Å². The lowest BCUT2D eigenvalue weighted by molar-refractivity contribution is -0.115. The van der Waals surface area contributed by atoms with Crippen LogP contribution in [0.1, 0.15) is 105 Å². The van der Waals surface area contributed by atoms with Gasteiger partial charge in [-0.15, -0.1) is 0 Å². The number of aldehydes is 1. The normalized spacial score (nSPS) is 43.0. The Morgan fingerprint density at radius 1 is 1.06 bits per heavy atom. The molecule has 0 amide bonds. The van der Waals surface area contributed by atoms with Gasteiger partial charge in [0.1, 0.15) is 12.9 Å². The van der Waals surface area contributed by atoms with Crippen LogP contribution in [-0.4, -0.2) is 19.0 Å². The molecule has 0 unspecified atom stereocenters. The number of rotatable bonds is 8. The van der Waals surface area contributed by atoms with Gasteiger partial charge in [-0.1, -0.05) is 65.5 Å². The maximum absolute atomic E-state index is 10.7. The molecule has 4 aliphatic rings. The summed E-state index contributed by atoms with van der Waals surface area (Å²) in [6.45, 7) is 12.8. The molecule has 3 saturated carbocycles. The zero-order chi connectivity index (χ0) is 22.2. The SMILES string of the molecule is CC(C)CCC[C@@H](C)[C@H]1CC[C@H]2[C@@H]3CC=C4C[C@@H](OCC=O)CC[C@]4(C)[C@H]3CC[C@]12C. The minimum absolute atomic E-state index is 0.262. The van der Waals surface area contributed by atoms with E-state index in [2.05, 4.69) is 40.7 Å². The van der Waals surface area contributed by atoms with Crippen molar-refractivity contribution >= 4 is 6.29 Å². The summed E-state index contributed by atoms with van der Waals surface area (Å²) in [6.07, 6.45) is 18.6. The highest BCUT2D eigenvalue weighted by atomic mass is 16.5. The van der Waals surface area contributed by atoms with Crippen molar-refractivity contribution in [2.24, 2.45) is 46.3 Å². The van der Waals surface area contributed by atoms with Gasteiger partial charge in [0, 0.05) is 0 Å². The van der Waals surface area contributed by atoms with Crippen LogP contribution >= 0.6 is 0 Å². The predicted octanol–water partition coefficient (Wildman–Crippen LogP) is 7.61. The molecule has 0 aliphatic heterocycles. The van der Waals surface area contributed by atoms with E-state index >= 15 is 0 Å². The van der Waals surface area contributed by atoms with E-state index in [1.54, 1.807) is 5.57 Å². The van der Waals surface area contributed by atoms with Gasteiger partial charge in [-0.2, -0.15) is 0 Å². The number of hydrogen-bond donors (Lipinski definition) is 0. The molecule has 3 fully saturated rings. The summed E-state index contributed by atoms with van der Waals surface area (Å²) in [7, 11) is 0. The molecule has 2 nitrogen and oxygen atoms in total. The second-order valence-electron chi connectivity index (χ2n) is 12.7. The Labute approximate surface area is 192 Å². The van der Waals surface area contributed by atoms with E-state index < -0.39 is 0 Å².